The van der Waals surface area contributed by atoms with Crippen LogP contribution in [0.15, 0.2) is 29.3 Å². The molecule has 0 amide bonds. The number of halogens is 2. The normalized spacial score (nSPS) is 11.9. The maximum absolute atomic E-state index is 12.4. The van der Waals surface area contributed by atoms with Crippen molar-refractivity contribution in [3.8, 4) is 5.75 Å². The van der Waals surface area contributed by atoms with E-state index in [1.54, 1.807) is 24.3 Å². The van der Waals surface area contributed by atoms with Crippen molar-refractivity contribution >= 4 is 5.71 Å². The van der Waals surface area contributed by atoms with Crippen molar-refractivity contribution in [1.82, 2.24) is 0 Å². The molecule has 0 saturated heterocycles. The first-order valence-electron chi connectivity index (χ1n) is 4.08. The summed E-state index contributed by atoms with van der Waals surface area (Å²) in [5.41, 5.74) is 0.218. The van der Waals surface area contributed by atoms with Crippen molar-refractivity contribution in [3.63, 3.8) is 0 Å². The minimum atomic E-state index is -2.55. The molecule has 0 bridgehead atoms. The number of rotatable bonds is 3. The van der Waals surface area contributed by atoms with Gasteiger partial charge < -0.3 is 4.74 Å². The molecule has 0 saturated carbocycles. The Kier molecular flexibility index (Phi) is 3.56. The summed E-state index contributed by atoms with van der Waals surface area (Å²) in [5, 5.41) is 0. The zero-order valence-electron chi connectivity index (χ0n) is 8.00. The Balaban J connectivity index is 2.96. The molecule has 1 aromatic rings. The van der Waals surface area contributed by atoms with E-state index >= 15 is 0 Å². The maximum atomic E-state index is 12.4. The summed E-state index contributed by atoms with van der Waals surface area (Å²) < 4.78 is 29.7. The summed E-state index contributed by atoms with van der Waals surface area (Å²) in [6.07, 6.45) is -2.55. The highest BCUT2D eigenvalue weighted by Crippen LogP contribution is 2.14. The van der Waals surface area contributed by atoms with Gasteiger partial charge in [0.05, 0.1) is 7.11 Å². The fourth-order valence-corrected chi connectivity index (χ4v) is 1.11. The van der Waals surface area contributed by atoms with Crippen LogP contribution in [-0.2, 0) is 0 Å². The molecule has 0 atom stereocenters. The van der Waals surface area contributed by atoms with E-state index in [0.717, 1.165) is 0 Å². The Morgan fingerprint density at radius 2 is 1.86 bits per heavy atom. The first-order valence-corrected chi connectivity index (χ1v) is 4.08. The quantitative estimate of drug-likeness (QED) is 0.685. The predicted molar refractivity (Wildman–Crippen MR) is 51.5 cm³/mol. The highest BCUT2D eigenvalue weighted by atomic mass is 19.3. The van der Waals surface area contributed by atoms with Gasteiger partial charge in [-0.3, -0.25) is 4.99 Å². The summed E-state index contributed by atoms with van der Waals surface area (Å²) >= 11 is 0. The fourth-order valence-electron chi connectivity index (χ4n) is 1.11. The molecule has 0 fully saturated rings. The van der Waals surface area contributed by atoms with Gasteiger partial charge in [-0.25, -0.2) is 8.78 Å². The molecule has 0 radical (unpaired) electrons. The SMILES string of the molecule is CN=C(c1ccc(OC)cc1)C(F)F. The number of nitrogens with zero attached hydrogens (tertiary/aromatic N) is 1. The molecule has 4 heteroatoms. The molecule has 0 aliphatic carbocycles. The van der Waals surface area contributed by atoms with Gasteiger partial charge in [0, 0.05) is 12.6 Å². The van der Waals surface area contributed by atoms with Crippen molar-refractivity contribution in [2.45, 2.75) is 6.43 Å². The van der Waals surface area contributed by atoms with Gasteiger partial charge in [-0.2, -0.15) is 0 Å². The lowest BCUT2D eigenvalue weighted by Gasteiger charge is -2.05. The Hall–Kier alpha value is -1.45. The van der Waals surface area contributed by atoms with Crippen LogP contribution in [0.4, 0.5) is 8.78 Å². The van der Waals surface area contributed by atoms with Gasteiger partial charge in [-0.15, -0.1) is 0 Å². The maximum Gasteiger partial charge on any atom is 0.280 e. The molecule has 1 aromatic carbocycles. The van der Waals surface area contributed by atoms with E-state index in [1.807, 2.05) is 0 Å². The number of ether oxygens (including phenoxy) is 1. The highest BCUT2D eigenvalue weighted by Gasteiger charge is 2.14. The molecule has 1 rings (SSSR count). The zero-order chi connectivity index (χ0) is 10.6. The van der Waals surface area contributed by atoms with E-state index in [-0.39, 0.29) is 5.71 Å². The molecule has 0 unspecified atom stereocenters. The van der Waals surface area contributed by atoms with Gasteiger partial charge in [0.1, 0.15) is 11.5 Å². The molecule has 0 spiro atoms. The van der Waals surface area contributed by atoms with E-state index < -0.39 is 6.43 Å². The van der Waals surface area contributed by atoms with Gasteiger partial charge in [-0.05, 0) is 24.3 Å². The molecule has 0 aromatic heterocycles. The lowest BCUT2D eigenvalue weighted by molar-refractivity contribution is 0.226. The van der Waals surface area contributed by atoms with Crippen LogP contribution in [0.25, 0.3) is 0 Å². The molecule has 76 valence electrons. The molecular formula is C10H11F2NO. The average molecular weight is 199 g/mol. The number of hydrogen-bond acceptors (Lipinski definition) is 2. The van der Waals surface area contributed by atoms with Crippen molar-refractivity contribution in [1.29, 1.82) is 0 Å². The number of hydrogen-bond donors (Lipinski definition) is 0. The van der Waals surface area contributed by atoms with Crippen LogP contribution < -0.4 is 4.74 Å². The van der Waals surface area contributed by atoms with Gasteiger partial charge >= 0.3 is 0 Å². The lowest BCUT2D eigenvalue weighted by atomic mass is 10.1. The fraction of sp³-hybridized carbons (Fsp3) is 0.300. The van der Waals surface area contributed by atoms with Crippen LogP contribution in [0.5, 0.6) is 5.75 Å². The summed E-state index contributed by atoms with van der Waals surface area (Å²) in [6, 6.07) is 6.38. The second-order valence-corrected chi connectivity index (χ2v) is 2.64. The minimum Gasteiger partial charge on any atom is -0.497 e. The van der Waals surface area contributed by atoms with E-state index in [2.05, 4.69) is 4.99 Å². The third-order valence-electron chi connectivity index (χ3n) is 1.83. The molecule has 0 aliphatic heterocycles. The van der Waals surface area contributed by atoms with Crippen molar-refractivity contribution in [3.05, 3.63) is 29.8 Å². The van der Waals surface area contributed by atoms with Gasteiger partial charge in [0.25, 0.3) is 6.43 Å². The van der Waals surface area contributed by atoms with Crippen LogP contribution in [0.2, 0.25) is 0 Å². The molecule has 0 N–H and O–H groups in total. The summed E-state index contributed by atoms with van der Waals surface area (Å²) in [7, 11) is 2.88. The standard InChI is InChI=1S/C10H11F2NO/c1-13-9(10(11)12)7-3-5-8(14-2)6-4-7/h3-6,10H,1-2H3. The van der Waals surface area contributed by atoms with Crippen LogP contribution in [0, 0.1) is 0 Å². The smallest absolute Gasteiger partial charge is 0.280 e. The minimum absolute atomic E-state index is 0.201. The van der Waals surface area contributed by atoms with E-state index in [4.69, 9.17) is 4.74 Å². The Labute approximate surface area is 81.2 Å². The molecule has 2 nitrogen and oxygen atoms in total. The van der Waals surface area contributed by atoms with Gasteiger partial charge in [0.15, 0.2) is 0 Å². The highest BCUT2D eigenvalue weighted by molar-refractivity contribution is 6.02. The third-order valence-corrected chi connectivity index (χ3v) is 1.83. The predicted octanol–water partition coefficient (Wildman–Crippen LogP) is 2.38. The second kappa shape index (κ2) is 4.69. The molecule has 0 aliphatic rings. The Morgan fingerprint density at radius 3 is 2.21 bits per heavy atom. The zero-order valence-corrected chi connectivity index (χ0v) is 8.00. The average Bonchev–Trinajstić information content (AvgIpc) is 2.19. The summed E-state index contributed by atoms with van der Waals surface area (Å²) in [6.45, 7) is 0. The van der Waals surface area contributed by atoms with Gasteiger partial charge in [0.2, 0.25) is 0 Å². The Morgan fingerprint density at radius 1 is 1.29 bits per heavy atom. The van der Waals surface area contributed by atoms with Crippen LogP contribution >= 0.6 is 0 Å². The summed E-state index contributed by atoms with van der Waals surface area (Å²) in [4.78, 5) is 3.54. The number of alkyl halides is 2. The van der Waals surface area contributed by atoms with Crippen LogP contribution in [-0.4, -0.2) is 26.3 Å². The third kappa shape index (κ3) is 2.28. The van der Waals surface area contributed by atoms with E-state index in [1.165, 1.54) is 14.2 Å². The number of aliphatic imine (C=N–C) groups is 1. The second-order valence-electron chi connectivity index (χ2n) is 2.64. The van der Waals surface area contributed by atoms with Gasteiger partial charge in [-0.1, -0.05) is 0 Å². The molecular weight excluding hydrogens is 188 g/mol. The van der Waals surface area contributed by atoms with E-state index in [0.29, 0.717) is 11.3 Å². The van der Waals surface area contributed by atoms with E-state index in [9.17, 15) is 8.78 Å². The topological polar surface area (TPSA) is 21.6 Å². The monoisotopic (exact) mass is 199 g/mol. The van der Waals surface area contributed by atoms with Crippen molar-refractivity contribution in [2.24, 2.45) is 4.99 Å². The largest absolute Gasteiger partial charge is 0.497 e. The first kappa shape index (κ1) is 10.6. The number of methoxy groups -OCH3 is 1. The Bertz CT molecular complexity index is 319. The van der Waals surface area contributed by atoms with Crippen LogP contribution in [0.3, 0.4) is 0 Å². The van der Waals surface area contributed by atoms with Crippen molar-refractivity contribution < 1.29 is 13.5 Å². The lowest BCUT2D eigenvalue weighted by Crippen LogP contribution is -2.11. The molecule has 14 heavy (non-hydrogen) atoms. The van der Waals surface area contributed by atoms with Crippen LogP contribution in [0.1, 0.15) is 5.56 Å². The first-order chi connectivity index (χ1) is 6.69. The van der Waals surface area contributed by atoms with Crippen molar-refractivity contribution in [2.75, 3.05) is 14.2 Å². The molecule has 0 heterocycles. The number of benzene rings is 1. The summed E-state index contributed by atoms with van der Waals surface area (Å²) in [5.74, 6) is 0.637.